The molecule has 13 nitrogen and oxygen atoms in total. The van der Waals surface area contributed by atoms with Crippen LogP contribution in [0.2, 0.25) is 0 Å². The van der Waals surface area contributed by atoms with Crippen LogP contribution >= 0.6 is 11.6 Å². The van der Waals surface area contributed by atoms with Gasteiger partial charge in [0.2, 0.25) is 0 Å². The van der Waals surface area contributed by atoms with Gasteiger partial charge in [0.05, 0.1) is 26.2 Å². The van der Waals surface area contributed by atoms with Crippen molar-refractivity contribution >= 4 is 23.5 Å². The van der Waals surface area contributed by atoms with Crippen LogP contribution in [-0.2, 0) is 11.2 Å². The first-order valence-electron chi connectivity index (χ1n) is 14.2. The normalized spacial score (nSPS) is 11.9. The molecular weight excluding hydrogens is 621 g/mol. The van der Waals surface area contributed by atoms with Crippen LogP contribution < -0.4 is 19.5 Å². The SMILES string of the molecule is COc1cc(OCCO)c(F)c(C(Cc2ccc(C(=N)NC(=O)OCC(C)(C)C)cc2)c2nc(OCCl)n(-c3ncccn3)n2)c1. The smallest absolute Gasteiger partial charge is 0.412 e. The lowest BCUT2D eigenvalue weighted by Gasteiger charge is -2.19. The molecule has 3 N–H and O–H groups in total. The van der Waals surface area contributed by atoms with Gasteiger partial charge in [0.25, 0.3) is 5.95 Å². The largest absolute Gasteiger partial charge is 0.497 e. The molecule has 0 spiro atoms. The van der Waals surface area contributed by atoms with Crippen molar-refractivity contribution in [2.24, 2.45) is 5.41 Å². The molecule has 15 heteroatoms. The van der Waals surface area contributed by atoms with E-state index in [2.05, 4.69) is 25.4 Å². The summed E-state index contributed by atoms with van der Waals surface area (Å²) in [6, 6.07) is 11.1. The highest BCUT2D eigenvalue weighted by atomic mass is 35.5. The zero-order chi connectivity index (χ0) is 33.3. The highest BCUT2D eigenvalue weighted by Gasteiger charge is 2.29. The van der Waals surface area contributed by atoms with Gasteiger partial charge in [-0.3, -0.25) is 10.7 Å². The Bertz CT molecular complexity index is 1630. The summed E-state index contributed by atoms with van der Waals surface area (Å²) in [5, 5.41) is 24.6. The van der Waals surface area contributed by atoms with Gasteiger partial charge in [0.1, 0.15) is 18.2 Å². The standard InChI is InChI=1S/C31H35ClFN7O6/c1-31(2,3)17-45-30(42)37-26(34)20-8-6-19(7-9-20)14-23(22-15-21(43-4)16-24(25(22)33)44-13-12-41)27-38-29(46-18-32)40(39-27)28-35-10-5-11-36-28/h5-11,15-16,23,41H,12-14,17-18H2,1-4H3,(H2,34,37,42). The number of methoxy groups -OCH3 is 1. The average molecular weight is 656 g/mol. The molecule has 1 unspecified atom stereocenters. The fraction of sp³-hybridized carbons (Fsp3) is 0.355. The van der Waals surface area contributed by atoms with Gasteiger partial charge in [-0.25, -0.2) is 19.2 Å². The van der Waals surface area contributed by atoms with Crippen molar-refractivity contribution in [1.82, 2.24) is 30.0 Å². The van der Waals surface area contributed by atoms with Crippen molar-refractivity contribution in [1.29, 1.82) is 5.41 Å². The molecule has 1 amide bonds. The Morgan fingerprint density at radius 2 is 1.87 bits per heavy atom. The van der Waals surface area contributed by atoms with Crippen LogP contribution in [0.4, 0.5) is 9.18 Å². The zero-order valence-corrected chi connectivity index (χ0v) is 26.5. The molecule has 0 aliphatic heterocycles. The molecule has 0 saturated carbocycles. The van der Waals surface area contributed by atoms with E-state index in [4.69, 9.17) is 36.0 Å². The summed E-state index contributed by atoms with van der Waals surface area (Å²) in [5.41, 5.74) is 1.09. The second-order valence-electron chi connectivity index (χ2n) is 11.2. The average Bonchev–Trinajstić information content (AvgIpc) is 3.46. The minimum Gasteiger partial charge on any atom is -0.497 e. The molecule has 2 aromatic carbocycles. The Morgan fingerprint density at radius 1 is 1.15 bits per heavy atom. The molecule has 0 aliphatic carbocycles. The van der Waals surface area contributed by atoms with Gasteiger partial charge in [-0.15, -0.1) is 9.78 Å². The van der Waals surface area contributed by atoms with Gasteiger partial charge in [-0.1, -0.05) is 56.6 Å². The fourth-order valence-corrected chi connectivity index (χ4v) is 4.33. The van der Waals surface area contributed by atoms with Crippen LogP contribution in [0.5, 0.6) is 17.5 Å². The summed E-state index contributed by atoms with van der Waals surface area (Å²) >= 11 is 5.87. The number of rotatable bonds is 13. The molecular formula is C31H35ClFN7O6. The maximum absolute atomic E-state index is 16.1. The van der Waals surface area contributed by atoms with E-state index >= 15 is 4.39 Å². The van der Waals surface area contributed by atoms with E-state index in [1.165, 1.54) is 36.3 Å². The number of hydrogen-bond donors (Lipinski definition) is 3. The van der Waals surface area contributed by atoms with Crippen molar-refractivity contribution in [3.05, 3.63) is 83.2 Å². The molecule has 0 aliphatic rings. The number of aliphatic hydroxyl groups excluding tert-OH is 1. The third-order valence-electron chi connectivity index (χ3n) is 6.38. The molecule has 1 atom stereocenters. The van der Waals surface area contributed by atoms with E-state index in [1.807, 2.05) is 20.8 Å². The first kappa shape index (κ1) is 34.1. The summed E-state index contributed by atoms with van der Waals surface area (Å²) in [4.78, 5) is 25.1. The number of hydrogen-bond acceptors (Lipinski definition) is 11. The van der Waals surface area contributed by atoms with Crippen LogP contribution in [0, 0.1) is 16.6 Å². The van der Waals surface area contributed by atoms with Crippen molar-refractivity contribution in [2.45, 2.75) is 33.1 Å². The maximum Gasteiger partial charge on any atom is 0.412 e. The molecule has 0 saturated heterocycles. The number of aliphatic hydroxyl groups is 1. The quantitative estimate of drug-likeness (QED) is 0.105. The Balaban J connectivity index is 1.71. The number of carbonyl (C=O) groups excluding carboxylic acids is 1. The van der Waals surface area contributed by atoms with Gasteiger partial charge in [0, 0.05) is 29.6 Å². The van der Waals surface area contributed by atoms with E-state index in [1.54, 1.807) is 30.3 Å². The summed E-state index contributed by atoms with van der Waals surface area (Å²) in [6.45, 7) is 5.53. The highest BCUT2D eigenvalue weighted by Crippen LogP contribution is 2.37. The monoisotopic (exact) mass is 655 g/mol. The number of benzene rings is 2. The second kappa shape index (κ2) is 15.5. The summed E-state index contributed by atoms with van der Waals surface area (Å²) < 4.78 is 38.9. The number of nitrogens with one attached hydrogen (secondary N) is 2. The van der Waals surface area contributed by atoms with E-state index in [-0.39, 0.29) is 72.7 Å². The number of amides is 1. The van der Waals surface area contributed by atoms with Crippen LogP contribution in [-0.4, -0.2) is 74.8 Å². The van der Waals surface area contributed by atoms with Crippen LogP contribution in [0.25, 0.3) is 5.95 Å². The molecule has 0 radical (unpaired) electrons. The second-order valence-corrected chi connectivity index (χ2v) is 11.4. The lowest BCUT2D eigenvalue weighted by atomic mass is 9.90. The molecule has 2 heterocycles. The van der Waals surface area contributed by atoms with Gasteiger partial charge < -0.3 is 24.1 Å². The molecule has 0 bridgehead atoms. The first-order chi connectivity index (χ1) is 22.0. The summed E-state index contributed by atoms with van der Waals surface area (Å²) in [7, 11) is 1.44. The molecule has 2 aromatic heterocycles. The fourth-order valence-electron chi connectivity index (χ4n) is 4.23. The van der Waals surface area contributed by atoms with Crippen LogP contribution in [0.15, 0.2) is 54.9 Å². The number of aromatic nitrogens is 5. The van der Waals surface area contributed by atoms with Crippen molar-refractivity contribution in [2.75, 3.05) is 33.0 Å². The number of nitrogens with zero attached hydrogens (tertiary/aromatic N) is 5. The minimum absolute atomic E-state index is 0.00512. The van der Waals surface area contributed by atoms with Gasteiger partial charge in [-0.2, -0.15) is 4.98 Å². The number of alkyl halides is 1. The Labute approximate surface area is 270 Å². The van der Waals surface area contributed by atoms with Crippen molar-refractivity contribution in [3.63, 3.8) is 0 Å². The molecule has 4 rings (SSSR count). The first-order valence-corrected chi connectivity index (χ1v) is 14.7. The Kier molecular flexibility index (Phi) is 11.4. The summed E-state index contributed by atoms with van der Waals surface area (Å²) in [5.74, 6) is -1.15. The Morgan fingerprint density at radius 3 is 2.50 bits per heavy atom. The molecule has 0 fully saturated rings. The minimum atomic E-state index is -0.829. The van der Waals surface area contributed by atoms with E-state index in [9.17, 15) is 9.90 Å². The van der Waals surface area contributed by atoms with Gasteiger partial charge in [-0.05, 0) is 29.5 Å². The molecule has 46 heavy (non-hydrogen) atoms. The number of ether oxygens (including phenoxy) is 4. The van der Waals surface area contributed by atoms with E-state index in [0.717, 1.165) is 5.56 Å². The predicted molar refractivity (Wildman–Crippen MR) is 167 cm³/mol. The topological polar surface area (TPSA) is 167 Å². The summed E-state index contributed by atoms with van der Waals surface area (Å²) in [6.07, 6.45) is 2.50. The highest BCUT2D eigenvalue weighted by molar-refractivity contribution is 6.17. The lowest BCUT2D eigenvalue weighted by Crippen LogP contribution is -2.33. The van der Waals surface area contributed by atoms with Crippen molar-refractivity contribution < 1.29 is 33.2 Å². The van der Waals surface area contributed by atoms with Crippen LogP contribution in [0.3, 0.4) is 0 Å². The zero-order valence-electron chi connectivity index (χ0n) is 25.8. The number of amidine groups is 1. The third kappa shape index (κ3) is 8.88. The van der Waals surface area contributed by atoms with Crippen LogP contribution in [0.1, 0.15) is 49.2 Å². The maximum atomic E-state index is 16.1. The predicted octanol–water partition coefficient (Wildman–Crippen LogP) is 4.62. The van der Waals surface area contributed by atoms with Crippen molar-refractivity contribution in [3.8, 4) is 23.5 Å². The number of carbonyl (C=O) groups is 1. The van der Waals surface area contributed by atoms with E-state index < -0.39 is 17.8 Å². The third-order valence-corrected chi connectivity index (χ3v) is 6.49. The van der Waals surface area contributed by atoms with E-state index in [0.29, 0.717) is 11.3 Å². The molecule has 244 valence electrons. The van der Waals surface area contributed by atoms with Gasteiger partial charge in [0.15, 0.2) is 23.5 Å². The van der Waals surface area contributed by atoms with Gasteiger partial charge >= 0.3 is 12.1 Å². The lowest BCUT2D eigenvalue weighted by molar-refractivity contribution is 0.110. The number of alkyl carbamates (subject to hydrolysis) is 1. The molecule has 4 aromatic rings. The Hall–Kier alpha value is -4.82. The number of halogens is 2.